The molecule has 0 fully saturated rings. The molecule has 0 radical (unpaired) electrons. The van der Waals surface area contributed by atoms with Gasteiger partial charge < -0.3 is 5.32 Å². The second-order valence-corrected chi connectivity index (χ2v) is 6.69. The molecule has 0 bridgehead atoms. The number of carbonyl (C=O) groups is 1. The molecule has 0 saturated carbocycles. The van der Waals surface area contributed by atoms with Crippen LogP contribution in [0.25, 0.3) is 0 Å². The molecule has 20 heavy (non-hydrogen) atoms. The zero-order valence-corrected chi connectivity index (χ0v) is 12.5. The molecule has 0 amide bonds. The Morgan fingerprint density at radius 1 is 1.30 bits per heavy atom. The van der Waals surface area contributed by atoms with Crippen molar-refractivity contribution >= 4 is 15.6 Å². The molecule has 0 saturated heterocycles. The molecule has 1 rings (SSSR count). The number of Topliss-reactive ketones (excluding diaryl/α,β-unsaturated/α-hetero) is 1. The number of nitrogens with one attached hydrogen (secondary N) is 1. The maximum Gasteiger partial charge on any atom is 0.156 e. The average Bonchev–Trinajstić information content (AvgIpc) is 2.39. The number of sulfone groups is 1. The highest BCUT2D eigenvalue weighted by Gasteiger charge is 2.24. The monoisotopic (exact) mass is 301 g/mol. The standard InChI is InChI=1S/C14H20FNO3S/c1-3-14(17)13(16-4-2)10-20(18,19)9-11-7-5-6-8-12(11)15/h5-8,13,16H,3-4,9-10H2,1-2H3. The van der Waals surface area contributed by atoms with Crippen LogP contribution >= 0.6 is 0 Å². The Bertz CT molecular complexity index is 557. The summed E-state index contributed by atoms with van der Waals surface area (Å²) in [5, 5.41) is 2.87. The highest BCUT2D eigenvalue weighted by atomic mass is 32.2. The maximum absolute atomic E-state index is 13.5. The third-order valence-electron chi connectivity index (χ3n) is 2.94. The highest BCUT2D eigenvalue weighted by Crippen LogP contribution is 2.12. The molecule has 6 heteroatoms. The summed E-state index contributed by atoms with van der Waals surface area (Å²) in [5.74, 6) is -1.39. The molecule has 1 N–H and O–H groups in total. The van der Waals surface area contributed by atoms with Gasteiger partial charge in [0.15, 0.2) is 15.6 Å². The van der Waals surface area contributed by atoms with Crippen molar-refractivity contribution in [3.63, 3.8) is 0 Å². The topological polar surface area (TPSA) is 63.2 Å². The zero-order chi connectivity index (χ0) is 15.2. The zero-order valence-electron chi connectivity index (χ0n) is 11.7. The van der Waals surface area contributed by atoms with Gasteiger partial charge in [0, 0.05) is 12.0 Å². The Labute approximate surface area is 119 Å². The van der Waals surface area contributed by atoms with Gasteiger partial charge in [-0.1, -0.05) is 32.0 Å². The lowest BCUT2D eigenvalue weighted by Gasteiger charge is -2.16. The summed E-state index contributed by atoms with van der Waals surface area (Å²) in [5.41, 5.74) is 0.131. The van der Waals surface area contributed by atoms with Gasteiger partial charge in [0.25, 0.3) is 0 Å². The molecule has 0 aliphatic carbocycles. The van der Waals surface area contributed by atoms with E-state index in [0.29, 0.717) is 6.54 Å². The quantitative estimate of drug-likeness (QED) is 0.794. The van der Waals surface area contributed by atoms with E-state index in [0.717, 1.165) is 0 Å². The van der Waals surface area contributed by atoms with Crippen LogP contribution in [0.15, 0.2) is 24.3 Å². The molecule has 1 aromatic rings. The lowest BCUT2D eigenvalue weighted by Crippen LogP contribution is -2.42. The van der Waals surface area contributed by atoms with Gasteiger partial charge in [-0.05, 0) is 12.6 Å². The van der Waals surface area contributed by atoms with Crippen LogP contribution in [0.2, 0.25) is 0 Å². The van der Waals surface area contributed by atoms with Crippen LogP contribution in [0.4, 0.5) is 4.39 Å². The molecular formula is C14H20FNO3S. The fraction of sp³-hybridized carbons (Fsp3) is 0.500. The van der Waals surface area contributed by atoms with E-state index in [4.69, 9.17) is 0 Å². The Morgan fingerprint density at radius 2 is 1.95 bits per heavy atom. The predicted octanol–water partition coefficient (Wildman–Crippen LogP) is 1.70. The number of hydrogen-bond donors (Lipinski definition) is 1. The molecule has 0 aliphatic heterocycles. The van der Waals surface area contributed by atoms with Crippen LogP contribution in [-0.2, 0) is 20.4 Å². The molecule has 0 aromatic heterocycles. The molecule has 1 unspecified atom stereocenters. The summed E-state index contributed by atoms with van der Waals surface area (Å²) < 4.78 is 37.7. The van der Waals surface area contributed by atoms with Crippen molar-refractivity contribution in [2.24, 2.45) is 0 Å². The number of hydrogen-bond acceptors (Lipinski definition) is 4. The van der Waals surface area contributed by atoms with E-state index in [9.17, 15) is 17.6 Å². The molecule has 0 heterocycles. The lowest BCUT2D eigenvalue weighted by molar-refractivity contribution is -0.120. The van der Waals surface area contributed by atoms with Crippen molar-refractivity contribution in [1.29, 1.82) is 0 Å². The molecule has 0 spiro atoms. The van der Waals surface area contributed by atoms with Crippen LogP contribution in [0.1, 0.15) is 25.8 Å². The first kappa shape index (κ1) is 16.8. The van der Waals surface area contributed by atoms with Crippen molar-refractivity contribution in [3.8, 4) is 0 Å². The van der Waals surface area contributed by atoms with E-state index in [-0.39, 0.29) is 23.5 Å². The van der Waals surface area contributed by atoms with Crippen LogP contribution in [0.5, 0.6) is 0 Å². The van der Waals surface area contributed by atoms with Gasteiger partial charge in [-0.25, -0.2) is 12.8 Å². The minimum absolute atomic E-state index is 0.131. The normalized spacial score (nSPS) is 13.2. The van der Waals surface area contributed by atoms with Crippen LogP contribution in [0.3, 0.4) is 0 Å². The van der Waals surface area contributed by atoms with Gasteiger partial charge in [-0.15, -0.1) is 0 Å². The van der Waals surface area contributed by atoms with E-state index in [1.165, 1.54) is 18.2 Å². The van der Waals surface area contributed by atoms with Crippen LogP contribution in [0, 0.1) is 5.82 Å². The second kappa shape index (κ2) is 7.50. The summed E-state index contributed by atoms with van der Waals surface area (Å²) >= 11 is 0. The van der Waals surface area contributed by atoms with Gasteiger partial charge in [-0.3, -0.25) is 4.79 Å². The van der Waals surface area contributed by atoms with E-state index in [2.05, 4.69) is 5.32 Å². The summed E-state index contributed by atoms with van der Waals surface area (Å²) in [4.78, 5) is 11.7. The van der Waals surface area contributed by atoms with Crippen molar-refractivity contribution < 1.29 is 17.6 Å². The summed E-state index contributed by atoms with van der Waals surface area (Å²) in [6.07, 6.45) is 0.271. The Kier molecular flexibility index (Phi) is 6.29. The SMILES string of the molecule is CCNC(CS(=O)(=O)Cc1ccccc1F)C(=O)CC. The third kappa shape index (κ3) is 5.02. The van der Waals surface area contributed by atoms with Gasteiger partial charge >= 0.3 is 0 Å². The van der Waals surface area contributed by atoms with Crippen molar-refractivity contribution in [1.82, 2.24) is 5.32 Å². The lowest BCUT2D eigenvalue weighted by atomic mass is 10.2. The average molecular weight is 301 g/mol. The Balaban J connectivity index is 2.83. The fourth-order valence-electron chi connectivity index (χ4n) is 1.92. The molecule has 112 valence electrons. The molecule has 1 atom stereocenters. The Hall–Kier alpha value is -1.27. The highest BCUT2D eigenvalue weighted by molar-refractivity contribution is 7.90. The first-order chi connectivity index (χ1) is 9.39. The number of carbonyl (C=O) groups excluding carboxylic acids is 1. The smallest absolute Gasteiger partial charge is 0.156 e. The van der Waals surface area contributed by atoms with E-state index >= 15 is 0 Å². The second-order valence-electron chi connectivity index (χ2n) is 4.58. The van der Waals surface area contributed by atoms with Crippen molar-refractivity contribution in [3.05, 3.63) is 35.6 Å². The largest absolute Gasteiger partial charge is 0.307 e. The first-order valence-electron chi connectivity index (χ1n) is 6.59. The number of halogens is 1. The summed E-state index contributed by atoms with van der Waals surface area (Å²) in [7, 11) is -3.56. The number of benzene rings is 1. The maximum atomic E-state index is 13.5. The van der Waals surface area contributed by atoms with E-state index in [1.807, 2.05) is 0 Å². The number of ketones is 1. The third-order valence-corrected chi connectivity index (χ3v) is 4.53. The van der Waals surface area contributed by atoms with Crippen molar-refractivity contribution in [2.75, 3.05) is 12.3 Å². The molecule has 1 aromatic carbocycles. The van der Waals surface area contributed by atoms with Crippen molar-refractivity contribution in [2.45, 2.75) is 32.1 Å². The fourth-order valence-corrected chi connectivity index (χ4v) is 3.56. The van der Waals surface area contributed by atoms with Gasteiger partial charge in [-0.2, -0.15) is 0 Å². The van der Waals surface area contributed by atoms with E-state index < -0.39 is 27.4 Å². The molecule has 0 aliphatic rings. The van der Waals surface area contributed by atoms with E-state index in [1.54, 1.807) is 19.9 Å². The Morgan fingerprint density at radius 3 is 2.50 bits per heavy atom. The number of rotatable bonds is 8. The van der Waals surface area contributed by atoms with Gasteiger partial charge in [0.2, 0.25) is 0 Å². The first-order valence-corrected chi connectivity index (χ1v) is 8.41. The minimum Gasteiger partial charge on any atom is -0.307 e. The molecule has 4 nitrogen and oxygen atoms in total. The van der Waals surface area contributed by atoms with Crippen LogP contribution < -0.4 is 5.32 Å². The predicted molar refractivity (Wildman–Crippen MR) is 76.7 cm³/mol. The minimum atomic E-state index is -3.56. The summed E-state index contributed by atoms with van der Waals surface area (Å²) in [6.45, 7) is 4.00. The van der Waals surface area contributed by atoms with Gasteiger partial charge in [0.05, 0.1) is 17.5 Å². The molecular weight excluding hydrogens is 281 g/mol. The van der Waals surface area contributed by atoms with Crippen LogP contribution in [-0.4, -0.2) is 32.5 Å². The summed E-state index contributed by atoms with van der Waals surface area (Å²) in [6, 6.07) is 5.04. The van der Waals surface area contributed by atoms with Gasteiger partial charge in [0.1, 0.15) is 5.82 Å². The number of likely N-dealkylation sites (N-methyl/N-ethyl adjacent to an activating group) is 1.